The molecule has 168 valence electrons. The highest BCUT2D eigenvalue weighted by Crippen LogP contribution is 2.50. The van der Waals surface area contributed by atoms with Crippen LogP contribution in [-0.2, 0) is 19.6 Å². The summed E-state index contributed by atoms with van der Waals surface area (Å²) in [5.74, 6) is 2.44. The molecule has 1 fully saturated rings. The number of ether oxygens (including phenoxy) is 1. The molecule has 1 aliphatic carbocycles. The number of para-hydroxylation sites is 3. The minimum absolute atomic E-state index is 0.368. The molecule has 3 aromatic carbocycles. The molecule has 2 aliphatic rings. The summed E-state index contributed by atoms with van der Waals surface area (Å²) >= 11 is 0. The Hall–Kier alpha value is -3.84. The van der Waals surface area contributed by atoms with E-state index in [9.17, 15) is 5.26 Å². The summed E-state index contributed by atoms with van der Waals surface area (Å²) < 4.78 is 8.64. The van der Waals surface area contributed by atoms with E-state index in [0.29, 0.717) is 18.9 Å². The number of rotatable bonds is 5. The third kappa shape index (κ3) is 3.58. The third-order valence-electron chi connectivity index (χ3n) is 6.98. The SMILES string of the molecule is CCCc1nc2ccccc2n1Cc1ccc2c(c1)COc1ccccc1C2=C1CC1CC#N. The minimum Gasteiger partial charge on any atom is -0.488 e. The number of aromatic nitrogens is 2. The fourth-order valence-corrected chi connectivity index (χ4v) is 5.27. The van der Waals surface area contributed by atoms with Gasteiger partial charge in [0, 0.05) is 24.9 Å². The monoisotopic (exact) mass is 445 g/mol. The van der Waals surface area contributed by atoms with Gasteiger partial charge in [0.25, 0.3) is 0 Å². The summed E-state index contributed by atoms with van der Waals surface area (Å²) in [6.45, 7) is 3.54. The number of allylic oxidation sites excluding steroid dienone is 1. The van der Waals surface area contributed by atoms with E-state index >= 15 is 0 Å². The highest BCUT2D eigenvalue weighted by atomic mass is 16.5. The van der Waals surface area contributed by atoms with Crippen LogP contribution in [0.15, 0.2) is 72.3 Å². The molecule has 1 atom stereocenters. The first-order chi connectivity index (χ1) is 16.8. The lowest BCUT2D eigenvalue weighted by Gasteiger charge is -2.14. The first-order valence-corrected chi connectivity index (χ1v) is 12.1. The second kappa shape index (κ2) is 8.50. The van der Waals surface area contributed by atoms with Gasteiger partial charge in [0.1, 0.15) is 18.2 Å². The summed E-state index contributed by atoms with van der Waals surface area (Å²) in [5.41, 5.74) is 9.76. The van der Waals surface area contributed by atoms with E-state index in [4.69, 9.17) is 9.72 Å². The molecule has 0 radical (unpaired) electrons. The van der Waals surface area contributed by atoms with Gasteiger partial charge >= 0.3 is 0 Å². The number of aryl methyl sites for hydroxylation is 1. The van der Waals surface area contributed by atoms with E-state index in [0.717, 1.165) is 48.5 Å². The predicted molar refractivity (Wildman–Crippen MR) is 134 cm³/mol. The Morgan fingerprint density at radius 1 is 1.06 bits per heavy atom. The van der Waals surface area contributed by atoms with E-state index in [1.807, 2.05) is 6.07 Å². The molecule has 0 spiro atoms. The Morgan fingerprint density at radius 2 is 1.91 bits per heavy atom. The smallest absolute Gasteiger partial charge is 0.127 e. The summed E-state index contributed by atoms with van der Waals surface area (Å²) in [7, 11) is 0. The standard InChI is InChI=1S/C30H27N3O/c1-2-7-29-32-26-9-4-5-10-27(26)33(29)18-20-12-13-23-22(16-20)19-34-28-11-6-3-8-24(28)30(23)25-17-21(25)14-15-31/h3-6,8-13,16,21H,2,7,14,17-19H2,1H3. The molecule has 1 aliphatic heterocycles. The van der Waals surface area contributed by atoms with E-state index in [2.05, 4.69) is 78.2 Å². The van der Waals surface area contributed by atoms with Gasteiger partial charge < -0.3 is 9.30 Å². The van der Waals surface area contributed by atoms with Crippen molar-refractivity contribution < 1.29 is 4.74 Å². The maximum atomic E-state index is 9.23. The average Bonchev–Trinajstić information content (AvgIpc) is 3.56. The van der Waals surface area contributed by atoms with Crippen LogP contribution in [0.2, 0.25) is 0 Å². The summed E-state index contributed by atoms with van der Waals surface area (Å²) in [6.07, 6.45) is 3.62. The van der Waals surface area contributed by atoms with Gasteiger partial charge in [-0.25, -0.2) is 4.98 Å². The van der Waals surface area contributed by atoms with Gasteiger partial charge in [-0.3, -0.25) is 0 Å². The number of imidazole rings is 1. The highest BCUT2D eigenvalue weighted by Gasteiger charge is 2.35. The van der Waals surface area contributed by atoms with Crippen molar-refractivity contribution in [1.29, 1.82) is 5.26 Å². The lowest BCUT2D eigenvalue weighted by Crippen LogP contribution is -2.06. The molecule has 34 heavy (non-hydrogen) atoms. The molecule has 1 aromatic heterocycles. The number of nitrogens with zero attached hydrogens (tertiary/aromatic N) is 3. The van der Waals surface area contributed by atoms with Crippen LogP contribution in [0, 0.1) is 17.2 Å². The zero-order chi connectivity index (χ0) is 23.1. The number of fused-ring (bicyclic) bond motifs is 3. The number of hydrogen-bond acceptors (Lipinski definition) is 3. The first-order valence-electron chi connectivity index (χ1n) is 12.1. The Bertz CT molecular complexity index is 1470. The van der Waals surface area contributed by atoms with Crippen molar-refractivity contribution in [2.24, 2.45) is 5.92 Å². The van der Waals surface area contributed by atoms with Crippen molar-refractivity contribution in [3.8, 4) is 11.8 Å². The Balaban J connectivity index is 1.42. The molecule has 1 saturated carbocycles. The molecule has 4 nitrogen and oxygen atoms in total. The van der Waals surface area contributed by atoms with Gasteiger partial charge in [-0.2, -0.15) is 5.26 Å². The van der Waals surface area contributed by atoms with Crippen LogP contribution in [0.3, 0.4) is 0 Å². The first kappa shape index (κ1) is 20.7. The van der Waals surface area contributed by atoms with Gasteiger partial charge in [0.15, 0.2) is 0 Å². The third-order valence-corrected chi connectivity index (χ3v) is 6.98. The van der Waals surface area contributed by atoms with Gasteiger partial charge in [-0.15, -0.1) is 0 Å². The molecule has 0 saturated heterocycles. The zero-order valence-electron chi connectivity index (χ0n) is 19.4. The van der Waals surface area contributed by atoms with Crippen LogP contribution in [0.4, 0.5) is 0 Å². The van der Waals surface area contributed by atoms with Crippen molar-refractivity contribution >= 4 is 16.6 Å². The summed E-state index contributed by atoms with van der Waals surface area (Å²) in [4.78, 5) is 4.90. The largest absolute Gasteiger partial charge is 0.488 e. The molecule has 1 unspecified atom stereocenters. The molecule has 0 bridgehead atoms. The van der Waals surface area contributed by atoms with Crippen molar-refractivity contribution in [1.82, 2.24) is 9.55 Å². The number of nitriles is 1. The van der Waals surface area contributed by atoms with Crippen LogP contribution in [-0.4, -0.2) is 9.55 Å². The van der Waals surface area contributed by atoms with Crippen molar-refractivity contribution in [2.45, 2.75) is 45.8 Å². The van der Waals surface area contributed by atoms with E-state index in [1.165, 1.54) is 33.4 Å². The molecule has 0 amide bonds. The summed E-state index contributed by atoms with van der Waals surface area (Å²) in [5, 5.41) is 9.23. The Morgan fingerprint density at radius 3 is 2.79 bits per heavy atom. The highest BCUT2D eigenvalue weighted by molar-refractivity contribution is 5.89. The topological polar surface area (TPSA) is 50.8 Å². The van der Waals surface area contributed by atoms with E-state index in [1.54, 1.807) is 0 Å². The molecule has 4 aromatic rings. The van der Waals surface area contributed by atoms with Crippen LogP contribution in [0.5, 0.6) is 5.75 Å². The van der Waals surface area contributed by atoms with E-state index < -0.39 is 0 Å². The van der Waals surface area contributed by atoms with Gasteiger partial charge in [0.05, 0.1) is 17.1 Å². The van der Waals surface area contributed by atoms with Crippen LogP contribution in [0.1, 0.15) is 54.3 Å². The maximum Gasteiger partial charge on any atom is 0.127 e. The maximum absolute atomic E-state index is 9.23. The van der Waals surface area contributed by atoms with Gasteiger partial charge in [0.2, 0.25) is 0 Å². The minimum atomic E-state index is 0.368. The second-order valence-electron chi connectivity index (χ2n) is 9.29. The fourth-order valence-electron chi connectivity index (χ4n) is 5.27. The van der Waals surface area contributed by atoms with Crippen molar-refractivity contribution in [3.05, 3.63) is 100 Å². The lowest BCUT2D eigenvalue weighted by atomic mass is 9.91. The number of benzene rings is 3. The normalized spacial score (nSPS) is 18.5. The van der Waals surface area contributed by atoms with Gasteiger partial charge in [-0.1, -0.05) is 55.0 Å². The predicted octanol–water partition coefficient (Wildman–Crippen LogP) is 6.66. The van der Waals surface area contributed by atoms with Crippen molar-refractivity contribution in [2.75, 3.05) is 0 Å². The summed E-state index contributed by atoms with van der Waals surface area (Å²) in [6, 6.07) is 25.9. The molecular weight excluding hydrogens is 418 g/mol. The van der Waals surface area contributed by atoms with Crippen molar-refractivity contribution in [3.63, 3.8) is 0 Å². The zero-order valence-corrected chi connectivity index (χ0v) is 19.4. The van der Waals surface area contributed by atoms with Crippen LogP contribution in [0.25, 0.3) is 16.6 Å². The Labute approximate surface area is 200 Å². The lowest BCUT2D eigenvalue weighted by molar-refractivity contribution is 0.307. The molecule has 0 N–H and O–H groups in total. The second-order valence-corrected chi connectivity index (χ2v) is 9.29. The molecule has 4 heteroatoms. The average molecular weight is 446 g/mol. The molecule has 6 rings (SSSR count). The molecular formula is C30H27N3O. The van der Waals surface area contributed by atoms with E-state index in [-0.39, 0.29) is 0 Å². The van der Waals surface area contributed by atoms with Gasteiger partial charge in [-0.05, 0) is 65.3 Å². The van der Waals surface area contributed by atoms with Crippen LogP contribution < -0.4 is 4.74 Å². The van der Waals surface area contributed by atoms with Crippen LogP contribution >= 0.6 is 0 Å². The quantitative estimate of drug-likeness (QED) is 0.345. The molecule has 2 heterocycles. The number of hydrogen-bond donors (Lipinski definition) is 0. The fraction of sp³-hybridized carbons (Fsp3) is 0.267. The Kier molecular flexibility index (Phi) is 5.19.